The molecule has 0 aliphatic carbocycles. The number of nitro benzene ring substituents is 1. The Labute approximate surface area is 197 Å². The second-order valence-corrected chi connectivity index (χ2v) is 8.38. The number of benzene rings is 3. The molecule has 0 fully saturated rings. The average Bonchev–Trinajstić information content (AvgIpc) is 2.84. The first kappa shape index (κ1) is 22.9. The van der Waals surface area contributed by atoms with Crippen molar-refractivity contribution in [2.75, 3.05) is 7.11 Å². The van der Waals surface area contributed by atoms with E-state index in [1.165, 1.54) is 11.0 Å². The minimum atomic E-state index is -0.449. The molecule has 0 unspecified atom stereocenters. The van der Waals surface area contributed by atoms with Gasteiger partial charge in [0.1, 0.15) is 5.75 Å². The fraction of sp³-hybridized carbons (Fsp3) is 0.185. The van der Waals surface area contributed by atoms with Crippen LogP contribution in [0.15, 0.2) is 66.7 Å². The van der Waals surface area contributed by atoms with Gasteiger partial charge in [0, 0.05) is 22.8 Å². The number of carbonyl (C=O) groups excluding carboxylic acids is 2. The van der Waals surface area contributed by atoms with Crippen LogP contribution in [0.1, 0.15) is 52.4 Å². The smallest absolute Gasteiger partial charge is 0.273 e. The van der Waals surface area contributed by atoms with E-state index in [9.17, 15) is 19.7 Å². The van der Waals surface area contributed by atoms with Crippen molar-refractivity contribution in [3.8, 4) is 5.75 Å². The number of nitro groups is 1. The van der Waals surface area contributed by atoms with Crippen LogP contribution < -0.4 is 4.74 Å². The fourth-order valence-corrected chi connectivity index (χ4v) is 4.06. The minimum Gasteiger partial charge on any atom is -0.497 e. The number of carbonyl (C=O) groups is 2. The Hall–Kier alpha value is -4.26. The molecular weight excluding hydrogens is 432 g/mol. The Bertz CT molecular complexity index is 1310. The third-order valence-corrected chi connectivity index (χ3v) is 5.85. The number of rotatable bonds is 6. The molecule has 7 heteroatoms. The maximum Gasteiger partial charge on any atom is 0.273 e. The molecular formula is C27H24N2O5. The molecule has 0 saturated carbocycles. The summed E-state index contributed by atoms with van der Waals surface area (Å²) in [5.41, 5.74) is 3.17. The highest BCUT2D eigenvalue weighted by molar-refractivity contribution is 6.33. The zero-order valence-electron chi connectivity index (χ0n) is 19.1. The van der Waals surface area contributed by atoms with E-state index >= 15 is 0 Å². The second kappa shape index (κ2) is 9.31. The van der Waals surface area contributed by atoms with Gasteiger partial charge >= 0.3 is 0 Å². The van der Waals surface area contributed by atoms with Crippen LogP contribution in [-0.4, -0.2) is 28.7 Å². The predicted octanol–water partition coefficient (Wildman–Crippen LogP) is 5.45. The number of ether oxygens (including phenoxy) is 1. The summed E-state index contributed by atoms with van der Waals surface area (Å²) in [5.74, 6) is -0.168. The van der Waals surface area contributed by atoms with Gasteiger partial charge in [-0.2, -0.15) is 0 Å². The lowest BCUT2D eigenvalue weighted by molar-refractivity contribution is -0.385. The lowest BCUT2D eigenvalue weighted by Crippen LogP contribution is -2.41. The molecule has 0 saturated heterocycles. The normalized spacial score (nSPS) is 14.5. The molecule has 3 aromatic carbocycles. The molecule has 4 rings (SSSR count). The molecule has 3 aromatic rings. The molecule has 1 aliphatic heterocycles. The molecule has 0 spiro atoms. The van der Waals surface area contributed by atoms with Crippen molar-refractivity contribution in [3.05, 3.63) is 105 Å². The predicted molar refractivity (Wildman–Crippen MR) is 129 cm³/mol. The molecule has 172 valence electrons. The summed E-state index contributed by atoms with van der Waals surface area (Å²) in [7, 11) is 1.57. The summed E-state index contributed by atoms with van der Waals surface area (Å²) in [5, 5.41) is 11.6. The maximum absolute atomic E-state index is 13.5. The monoisotopic (exact) mass is 456 g/mol. The standard InChI is InChI=1S/C27H24N2O5/c1-17(2)21-13-10-19(15-25(21)29(32)33)14-24-22-6-4-5-7-23(22)26(30)28(27(24)31)16-18-8-11-20(34-3)12-9-18/h4-15,17H,16H2,1-3H3. The fourth-order valence-electron chi connectivity index (χ4n) is 4.06. The molecule has 34 heavy (non-hydrogen) atoms. The number of amides is 2. The summed E-state index contributed by atoms with van der Waals surface area (Å²) in [6, 6.07) is 19.0. The van der Waals surface area contributed by atoms with Crippen LogP contribution in [0.3, 0.4) is 0 Å². The van der Waals surface area contributed by atoms with E-state index in [1.54, 1.807) is 73.8 Å². The highest BCUT2D eigenvalue weighted by Gasteiger charge is 2.34. The largest absolute Gasteiger partial charge is 0.497 e. The Balaban J connectivity index is 1.78. The van der Waals surface area contributed by atoms with Crippen LogP contribution in [0, 0.1) is 10.1 Å². The Kier molecular flexibility index (Phi) is 6.27. The third-order valence-electron chi connectivity index (χ3n) is 5.85. The Morgan fingerprint density at radius 3 is 2.26 bits per heavy atom. The molecule has 0 radical (unpaired) electrons. The number of hydrogen-bond acceptors (Lipinski definition) is 5. The van der Waals surface area contributed by atoms with Crippen molar-refractivity contribution < 1.29 is 19.2 Å². The van der Waals surface area contributed by atoms with Gasteiger partial charge in [-0.25, -0.2) is 0 Å². The minimum absolute atomic E-state index is 0.00654. The number of hydrogen-bond donors (Lipinski definition) is 0. The van der Waals surface area contributed by atoms with Crippen LogP contribution in [0.5, 0.6) is 5.75 Å². The van der Waals surface area contributed by atoms with Crippen molar-refractivity contribution in [1.82, 2.24) is 4.90 Å². The first-order chi connectivity index (χ1) is 16.3. The lowest BCUT2D eigenvalue weighted by Gasteiger charge is -2.29. The van der Waals surface area contributed by atoms with E-state index in [0.29, 0.717) is 33.6 Å². The maximum atomic E-state index is 13.5. The van der Waals surface area contributed by atoms with Crippen molar-refractivity contribution in [2.24, 2.45) is 0 Å². The average molecular weight is 456 g/mol. The number of fused-ring (bicyclic) bond motifs is 1. The molecule has 7 nitrogen and oxygen atoms in total. The van der Waals surface area contributed by atoms with Gasteiger partial charge in [-0.05, 0) is 46.9 Å². The van der Waals surface area contributed by atoms with Gasteiger partial charge in [-0.3, -0.25) is 24.6 Å². The van der Waals surface area contributed by atoms with Gasteiger partial charge in [0.2, 0.25) is 0 Å². The van der Waals surface area contributed by atoms with Gasteiger partial charge < -0.3 is 4.74 Å². The first-order valence-corrected chi connectivity index (χ1v) is 10.9. The van der Waals surface area contributed by atoms with Gasteiger partial charge in [0.05, 0.1) is 18.6 Å². The van der Waals surface area contributed by atoms with Crippen molar-refractivity contribution >= 4 is 29.2 Å². The summed E-state index contributed by atoms with van der Waals surface area (Å²) in [6.07, 6.45) is 1.62. The van der Waals surface area contributed by atoms with Crippen LogP contribution in [0.4, 0.5) is 5.69 Å². The topological polar surface area (TPSA) is 89.8 Å². The lowest BCUT2D eigenvalue weighted by atomic mass is 9.91. The van der Waals surface area contributed by atoms with Gasteiger partial charge in [0.15, 0.2) is 0 Å². The van der Waals surface area contributed by atoms with Crippen LogP contribution in [0.25, 0.3) is 11.6 Å². The van der Waals surface area contributed by atoms with Gasteiger partial charge in [0.25, 0.3) is 17.5 Å². The van der Waals surface area contributed by atoms with E-state index < -0.39 is 10.8 Å². The van der Waals surface area contributed by atoms with Crippen LogP contribution in [-0.2, 0) is 11.3 Å². The molecule has 0 atom stereocenters. The SMILES string of the molecule is COc1ccc(CN2C(=O)C(=Cc3ccc(C(C)C)c([N+](=O)[O-])c3)c3ccccc3C2=O)cc1. The van der Waals surface area contributed by atoms with Gasteiger partial charge in [-0.15, -0.1) is 0 Å². The molecule has 0 bridgehead atoms. The Morgan fingerprint density at radius 1 is 0.971 bits per heavy atom. The van der Waals surface area contributed by atoms with Crippen LogP contribution >= 0.6 is 0 Å². The van der Waals surface area contributed by atoms with Crippen LogP contribution in [0.2, 0.25) is 0 Å². The Morgan fingerprint density at radius 2 is 1.65 bits per heavy atom. The molecule has 1 aliphatic rings. The highest BCUT2D eigenvalue weighted by Crippen LogP contribution is 2.33. The summed E-state index contributed by atoms with van der Waals surface area (Å²) < 4.78 is 5.18. The number of imide groups is 1. The third kappa shape index (κ3) is 4.32. The van der Waals surface area contributed by atoms with Crippen molar-refractivity contribution in [1.29, 1.82) is 0 Å². The van der Waals surface area contributed by atoms with E-state index in [-0.39, 0.29) is 24.1 Å². The summed E-state index contributed by atoms with van der Waals surface area (Å²) in [4.78, 5) is 39.1. The molecule has 2 amide bonds. The first-order valence-electron chi connectivity index (χ1n) is 10.9. The van der Waals surface area contributed by atoms with Crippen molar-refractivity contribution in [2.45, 2.75) is 26.3 Å². The zero-order chi connectivity index (χ0) is 24.4. The van der Waals surface area contributed by atoms with E-state index in [2.05, 4.69) is 0 Å². The van der Waals surface area contributed by atoms with E-state index in [0.717, 1.165) is 5.56 Å². The molecule has 1 heterocycles. The quantitative estimate of drug-likeness (QED) is 0.213. The number of nitrogens with zero attached hydrogens (tertiary/aromatic N) is 2. The molecule has 0 N–H and O–H groups in total. The van der Waals surface area contributed by atoms with Gasteiger partial charge in [-0.1, -0.05) is 56.3 Å². The van der Waals surface area contributed by atoms with E-state index in [1.807, 2.05) is 13.8 Å². The highest BCUT2D eigenvalue weighted by atomic mass is 16.6. The van der Waals surface area contributed by atoms with E-state index in [4.69, 9.17) is 4.74 Å². The summed E-state index contributed by atoms with van der Waals surface area (Å²) >= 11 is 0. The second-order valence-electron chi connectivity index (χ2n) is 8.38. The number of methoxy groups -OCH3 is 1. The molecule has 0 aromatic heterocycles. The van der Waals surface area contributed by atoms with Crippen molar-refractivity contribution in [3.63, 3.8) is 0 Å². The summed E-state index contributed by atoms with van der Waals surface area (Å²) in [6.45, 7) is 3.88. The zero-order valence-corrected chi connectivity index (χ0v) is 19.1.